The Morgan fingerprint density at radius 2 is 2.27 bits per heavy atom. The normalized spacial score (nSPS) is 24.7. The molecule has 82 valence electrons. The minimum absolute atomic E-state index is 0.187. The van der Waals surface area contributed by atoms with Crippen molar-refractivity contribution in [1.29, 1.82) is 0 Å². The van der Waals surface area contributed by atoms with Crippen molar-refractivity contribution < 1.29 is 9.53 Å². The van der Waals surface area contributed by atoms with Crippen molar-refractivity contribution in [3.8, 4) is 0 Å². The summed E-state index contributed by atoms with van der Waals surface area (Å²) >= 11 is 1.70. The third-order valence-corrected chi connectivity index (χ3v) is 4.51. The molecule has 0 saturated carbocycles. The fourth-order valence-corrected chi connectivity index (χ4v) is 3.40. The second kappa shape index (κ2) is 3.97. The second-order valence-corrected chi connectivity index (χ2v) is 5.25. The molecule has 2 atom stereocenters. The van der Waals surface area contributed by atoms with Gasteiger partial charge in [0.1, 0.15) is 0 Å². The van der Waals surface area contributed by atoms with E-state index in [1.165, 1.54) is 24.0 Å². The molecule has 1 aromatic heterocycles. The highest BCUT2D eigenvalue weighted by atomic mass is 32.1. The number of esters is 1. The van der Waals surface area contributed by atoms with Crippen LogP contribution < -0.4 is 0 Å². The van der Waals surface area contributed by atoms with Gasteiger partial charge in [-0.2, -0.15) is 0 Å². The van der Waals surface area contributed by atoms with Crippen molar-refractivity contribution in [2.75, 3.05) is 7.11 Å². The van der Waals surface area contributed by atoms with Crippen LogP contribution in [0, 0.1) is 5.92 Å². The maximum absolute atomic E-state index is 11.6. The number of thiophene rings is 1. The van der Waals surface area contributed by atoms with E-state index in [1.54, 1.807) is 11.3 Å². The van der Waals surface area contributed by atoms with Crippen LogP contribution in [0.1, 0.15) is 47.0 Å². The van der Waals surface area contributed by atoms with E-state index in [0.29, 0.717) is 11.8 Å². The van der Waals surface area contributed by atoms with Gasteiger partial charge in [-0.3, -0.25) is 0 Å². The Bertz CT molecular complexity index is 381. The van der Waals surface area contributed by atoms with Crippen LogP contribution in [0.4, 0.5) is 0 Å². The summed E-state index contributed by atoms with van der Waals surface area (Å²) in [6, 6.07) is 0. The molecule has 0 N–H and O–H groups in total. The highest BCUT2D eigenvalue weighted by Crippen LogP contribution is 2.41. The minimum Gasteiger partial charge on any atom is -0.465 e. The molecule has 1 aliphatic rings. The van der Waals surface area contributed by atoms with E-state index < -0.39 is 0 Å². The quantitative estimate of drug-likeness (QED) is 0.685. The number of aryl methyl sites for hydroxylation is 1. The Labute approximate surface area is 94.3 Å². The van der Waals surface area contributed by atoms with Gasteiger partial charge in [0, 0.05) is 10.3 Å². The molecule has 2 rings (SSSR count). The summed E-state index contributed by atoms with van der Waals surface area (Å²) in [5.41, 5.74) is 2.03. The largest absolute Gasteiger partial charge is 0.465 e. The summed E-state index contributed by atoms with van der Waals surface area (Å²) in [5, 5.41) is 1.95. The summed E-state index contributed by atoms with van der Waals surface area (Å²) in [7, 11) is 1.45. The fourth-order valence-electron chi connectivity index (χ4n) is 2.26. The van der Waals surface area contributed by atoms with Gasteiger partial charge >= 0.3 is 5.97 Å². The van der Waals surface area contributed by atoms with E-state index in [0.717, 1.165) is 12.0 Å². The van der Waals surface area contributed by atoms with Crippen LogP contribution in [0.3, 0.4) is 0 Å². The third-order valence-electron chi connectivity index (χ3n) is 3.45. The van der Waals surface area contributed by atoms with Gasteiger partial charge in [-0.1, -0.05) is 13.8 Å². The smallest absolute Gasteiger partial charge is 0.339 e. The molecule has 1 aliphatic carbocycles. The molecule has 0 aliphatic heterocycles. The maximum atomic E-state index is 11.6. The van der Waals surface area contributed by atoms with E-state index in [2.05, 4.69) is 13.8 Å². The molecule has 0 spiro atoms. The number of ether oxygens (including phenoxy) is 1. The van der Waals surface area contributed by atoms with E-state index in [-0.39, 0.29) is 5.97 Å². The monoisotopic (exact) mass is 224 g/mol. The molecule has 0 bridgehead atoms. The first-order valence-corrected chi connectivity index (χ1v) is 6.21. The molecule has 0 aromatic carbocycles. The van der Waals surface area contributed by atoms with Gasteiger partial charge in [-0.25, -0.2) is 4.79 Å². The fraction of sp³-hybridized carbons (Fsp3) is 0.583. The number of hydrogen-bond acceptors (Lipinski definition) is 3. The molecule has 0 fully saturated rings. The van der Waals surface area contributed by atoms with Crippen LogP contribution >= 0.6 is 11.3 Å². The lowest BCUT2D eigenvalue weighted by Crippen LogP contribution is -2.17. The van der Waals surface area contributed by atoms with E-state index >= 15 is 0 Å². The van der Waals surface area contributed by atoms with E-state index in [4.69, 9.17) is 4.74 Å². The lowest BCUT2D eigenvalue weighted by molar-refractivity contribution is 0.0599. The van der Waals surface area contributed by atoms with Gasteiger partial charge in [-0.05, 0) is 30.2 Å². The first kappa shape index (κ1) is 10.7. The second-order valence-electron chi connectivity index (χ2n) is 4.28. The number of carbonyl (C=O) groups excluding carboxylic acids is 1. The van der Waals surface area contributed by atoms with Crippen molar-refractivity contribution >= 4 is 17.3 Å². The predicted molar refractivity (Wildman–Crippen MR) is 61.6 cm³/mol. The Balaban J connectivity index is 2.44. The molecule has 2 nitrogen and oxygen atoms in total. The van der Waals surface area contributed by atoms with E-state index in [9.17, 15) is 4.79 Å². The van der Waals surface area contributed by atoms with Gasteiger partial charge in [0.05, 0.1) is 12.7 Å². The maximum Gasteiger partial charge on any atom is 0.339 e. The number of hydrogen-bond donors (Lipinski definition) is 0. The highest BCUT2D eigenvalue weighted by Gasteiger charge is 2.29. The first-order chi connectivity index (χ1) is 7.15. The van der Waals surface area contributed by atoms with Crippen molar-refractivity contribution in [1.82, 2.24) is 0 Å². The zero-order chi connectivity index (χ0) is 11.0. The van der Waals surface area contributed by atoms with Crippen molar-refractivity contribution in [2.24, 2.45) is 5.92 Å². The molecular weight excluding hydrogens is 208 g/mol. The van der Waals surface area contributed by atoms with Crippen molar-refractivity contribution in [3.05, 3.63) is 21.4 Å². The Morgan fingerprint density at radius 1 is 1.53 bits per heavy atom. The molecule has 2 unspecified atom stereocenters. The number of rotatable bonds is 1. The number of carbonyl (C=O) groups is 1. The molecular formula is C12H16O2S. The average Bonchev–Trinajstić information content (AvgIpc) is 2.67. The highest BCUT2D eigenvalue weighted by molar-refractivity contribution is 7.10. The summed E-state index contributed by atoms with van der Waals surface area (Å²) in [4.78, 5) is 13.0. The average molecular weight is 224 g/mol. The Kier molecular flexibility index (Phi) is 2.83. The van der Waals surface area contributed by atoms with Gasteiger partial charge < -0.3 is 4.74 Å². The lowest BCUT2D eigenvalue weighted by atomic mass is 9.79. The van der Waals surface area contributed by atoms with Crippen LogP contribution in [0.5, 0.6) is 0 Å². The molecule has 0 saturated heterocycles. The van der Waals surface area contributed by atoms with Crippen LogP contribution in [-0.4, -0.2) is 13.1 Å². The van der Waals surface area contributed by atoms with Crippen LogP contribution in [-0.2, 0) is 11.2 Å². The minimum atomic E-state index is -0.187. The summed E-state index contributed by atoms with van der Waals surface area (Å²) in [5.74, 6) is 0.957. The third kappa shape index (κ3) is 1.69. The van der Waals surface area contributed by atoms with E-state index in [1.807, 2.05) is 5.38 Å². The van der Waals surface area contributed by atoms with Crippen molar-refractivity contribution in [3.63, 3.8) is 0 Å². The number of fused-ring (bicyclic) bond motifs is 1. The SMILES string of the molecule is COC(=O)c1csc2c1C(C)C(C)CC2. The van der Waals surface area contributed by atoms with Crippen LogP contribution in [0.2, 0.25) is 0 Å². The summed E-state index contributed by atoms with van der Waals surface area (Å²) in [6.07, 6.45) is 2.35. The zero-order valence-electron chi connectivity index (χ0n) is 9.37. The topological polar surface area (TPSA) is 26.3 Å². The molecule has 3 heteroatoms. The summed E-state index contributed by atoms with van der Waals surface area (Å²) in [6.45, 7) is 4.47. The van der Waals surface area contributed by atoms with Gasteiger partial charge in [0.15, 0.2) is 0 Å². The van der Waals surface area contributed by atoms with Gasteiger partial charge in [0.25, 0.3) is 0 Å². The predicted octanol–water partition coefficient (Wildman–Crippen LogP) is 3.22. The van der Waals surface area contributed by atoms with Gasteiger partial charge in [0.2, 0.25) is 0 Å². The van der Waals surface area contributed by atoms with Gasteiger partial charge in [-0.15, -0.1) is 11.3 Å². The Morgan fingerprint density at radius 3 is 2.93 bits per heavy atom. The van der Waals surface area contributed by atoms with Crippen molar-refractivity contribution in [2.45, 2.75) is 32.6 Å². The molecule has 0 amide bonds. The Hall–Kier alpha value is -0.830. The molecule has 1 heterocycles. The van der Waals surface area contributed by atoms with Crippen LogP contribution in [0.25, 0.3) is 0 Å². The first-order valence-electron chi connectivity index (χ1n) is 5.33. The van der Waals surface area contributed by atoms with Crippen LogP contribution in [0.15, 0.2) is 5.38 Å². The number of methoxy groups -OCH3 is 1. The lowest BCUT2D eigenvalue weighted by Gasteiger charge is -2.26. The standard InChI is InChI=1S/C12H16O2S/c1-7-4-5-10-11(8(7)2)9(6-15-10)12(13)14-3/h6-8H,4-5H2,1-3H3. The molecule has 0 radical (unpaired) electrons. The molecule has 15 heavy (non-hydrogen) atoms. The molecule has 1 aromatic rings. The zero-order valence-corrected chi connectivity index (χ0v) is 10.2. The summed E-state index contributed by atoms with van der Waals surface area (Å²) < 4.78 is 4.81.